The molecule has 33 heavy (non-hydrogen) atoms. The zero-order valence-corrected chi connectivity index (χ0v) is 19.2. The summed E-state index contributed by atoms with van der Waals surface area (Å²) in [7, 11) is 0. The van der Waals surface area contributed by atoms with Crippen LogP contribution in [-0.4, -0.2) is 142 Å². The molecule has 4 N–H and O–H groups in total. The van der Waals surface area contributed by atoms with Gasteiger partial charge in [-0.1, -0.05) is 0 Å². The fourth-order valence-electron chi connectivity index (χ4n) is 3.72. The molecule has 0 bridgehead atoms. The van der Waals surface area contributed by atoms with Crippen LogP contribution in [0.25, 0.3) is 0 Å². The predicted molar refractivity (Wildman–Crippen MR) is 119 cm³/mol. The van der Waals surface area contributed by atoms with Crippen molar-refractivity contribution in [2.45, 2.75) is 32.1 Å². The van der Waals surface area contributed by atoms with Gasteiger partial charge in [-0.3, -0.25) is 19.2 Å². The van der Waals surface area contributed by atoms with E-state index < -0.39 is 23.9 Å². The van der Waals surface area contributed by atoms with Crippen molar-refractivity contribution in [1.29, 1.82) is 0 Å². The Labute approximate surface area is 194 Å². The summed E-state index contributed by atoms with van der Waals surface area (Å²) in [5, 5.41) is 36.3. The number of carboxylic acids is 4. The first-order valence-electron chi connectivity index (χ1n) is 11.4. The Morgan fingerprint density at radius 1 is 0.424 bits per heavy atom. The molecule has 1 aliphatic heterocycles. The van der Waals surface area contributed by atoms with Gasteiger partial charge in [0, 0.05) is 65.4 Å². The quantitative estimate of drug-likeness (QED) is 0.287. The maximum absolute atomic E-state index is 11.1. The molecule has 0 saturated carbocycles. The van der Waals surface area contributed by atoms with Gasteiger partial charge in [-0.05, 0) is 19.5 Å². The largest absolute Gasteiger partial charge is 0.481 e. The van der Waals surface area contributed by atoms with E-state index in [9.17, 15) is 19.2 Å². The topological polar surface area (TPSA) is 162 Å². The highest BCUT2D eigenvalue weighted by Crippen LogP contribution is 2.05. The Morgan fingerprint density at radius 3 is 0.848 bits per heavy atom. The highest BCUT2D eigenvalue weighted by Gasteiger charge is 2.17. The number of nitrogens with zero attached hydrogens (tertiary/aromatic N) is 4. The minimum Gasteiger partial charge on any atom is -0.481 e. The molecule has 0 aromatic rings. The van der Waals surface area contributed by atoms with E-state index in [1.54, 1.807) is 0 Å². The second-order valence-electron chi connectivity index (χ2n) is 8.30. The molecule has 12 nitrogen and oxygen atoms in total. The van der Waals surface area contributed by atoms with Crippen molar-refractivity contribution in [3.63, 3.8) is 0 Å². The molecular formula is C21H38N4O8. The SMILES string of the molecule is O=C(O)CCN1CCCN(CCC(=O)O)CCN(CCC(=O)O)CCN(CCC(=O)O)CC1. The lowest BCUT2D eigenvalue weighted by Gasteiger charge is -2.29. The fraction of sp³-hybridized carbons (Fsp3) is 0.810. The molecule has 0 atom stereocenters. The Hall–Kier alpha value is -2.28. The number of carboxylic acid groups (broad SMARTS) is 4. The lowest BCUT2D eigenvalue weighted by Crippen LogP contribution is -2.42. The van der Waals surface area contributed by atoms with E-state index in [-0.39, 0.29) is 25.7 Å². The summed E-state index contributed by atoms with van der Waals surface area (Å²) in [5.41, 5.74) is 0. The molecule has 0 unspecified atom stereocenters. The van der Waals surface area contributed by atoms with Crippen LogP contribution in [0.4, 0.5) is 0 Å². The van der Waals surface area contributed by atoms with Crippen LogP contribution in [0.3, 0.4) is 0 Å². The molecule has 0 amide bonds. The maximum Gasteiger partial charge on any atom is 0.304 e. The summed E-state index contributed by atoms with van der Waals surface area (Å²) in [4.78, 5) is 52.4. The molecule has 1 heterocycles. The lowest BCUT2D eigenvalue weighted by molar-refractivity contribution is -0.138. The van der Waals surface area contributed by atoms with Gasteiger partial charge in [0.1, 0.15) is 0 Å². The van der Waals surface area contributed by atoms with Gasteiger partial charge in [0.15, 0.2) is 0 Å². The van der Waals surface area contributed by atoms with Crippen molar-refractivity contribution >= 4 is 23.9 Å². The first kappa shape index (κ1) is 28.8. The zero-order valence-electron chi connectivity index (χ0n) is 19.2. The van der Waals surface area contributed by atoms with Gasteiger partial charge in [-0.15, -0.1) is 0 Å². The van der Waals surface area contributed by atoms with E-state index in [1.165, 1.54) is 0 Å². The van der Waals surface area contributed by atoms with Gasteiger partial charge in [-0.2, -0.15) is 0 Å². The van der Waals surface area contributed by atoms with E-state index in [0.29, 0.717) is 78.5 Å². The second kappa shape index (κ2) is 16.4. The summed E-state index contributed by atoms with van der Waals surface area (Å²) in [6.45, 7) is 6.31. The number of hydrogen-bond acceptors (Lipinski definition) is 8. The van der Waals surface area contributed by atoms with Crippen LogP contribution in [0.5, 0.6) is 0 Å². The third-order valence-electron chi connectivity index (χ3n) is 5.71. The second-order valence-corrected chi connectivity index (χ2v) is 8.30. The predicted octanol–water partition coefficient (Wildman–Crippen LogP) is -0.503. The third-order valence-corrected chi connectivity index (χ3v) is 5.71. The minimum absolute atomic E-state index is 0.00673. The zero-order chi connectivity index (χ0) is 24.6. The molecule has 1 saturated heterocycles. The highest BCUT2D eigenvalue weighted by atomic mass is 16.4. The average molecular weight is 475 g/mol. The third kappa shape index (κ3) is 15.2. The molecule has 0 radical (unpaired) electrons. The number of rotatable bonds is 12. The Bertz CT molecular complexity index is 581. The van der Waals surface area contributed by atoms with Crippen molar-refractivity contribution in [1.82, 2.24) is 19.6 Å². The van der Waals surface area contributed by atoms with Crippen LogP contribution < -0.4 is 0 Å². The van der Waals surface area contributed by atoms with Gasteiger partial charge in [-0.25, -0.2) is 0 Å². The highest BCUT2D eigenvalue weighted by molar-refractivity contribution is 5.67. The van der Waals surface area contributed by atoms with Crippen molar-refractivity contribution in [2.24, 2.45) is 0 Å². The van der Waals surface area contributed by atoms with Gasteiger partial charge in [0.05, 0.1) is 25.7 Å². The number of carbonyl (C=O) groups is 4. The van der Waals surface area contributed by atoms with Crippen molar-refractivity contribution in [2.75, 3.05) is 78.5 Å². The van der Waals surface area contributed by atoms with E-state index >= 15 is 0 Å². The van der Waals surface area contributed by atoms with Crippen molar-refractivity contribution < 1.29 is 39.6 Å². The van der Waals surface area contributed by atoms with Gasteiger partial charge >= 0.3 is 23.9 Å². The van der Waals surface area contributed by atoms with Crippen LogP contribution in [0.1, 0.15) is 32.1 Å². The fourth-order valence-corrected chi connectivity index (χ4v) is 3.72. The Kier molecular flexibility index (Phi) is 14.2. The molecular weight excluding hydrogens is 436 g/mol. The van der Waals surface area contributed by atoms with Crippen LogP contribution in [0.2, 0.25) is 0 Å². The molecule has 0 aromatic heterocycles. The van der Waals surface area contributed by atoms with Gasteiger partial charge in [0.25, 0.3) is 0 Å². The molecule has 1 rings (SSSR count). The van der Waals surface area contributed by atoms with Gasteiger partial charge < -0.3 is 40.0 Å². The number of hydrogen-bond donors (Lipinski definition) is 4. The van der Waals surface area contributed by atoms with E-state index in [1.807, 2.05) is 9.80 Å². The van der Waals surface area contributed by atoms with Crippen LogP contribution in [0.15, 0.2) is 0 Å². The molecule has 1 fully saturated rings. The molecule has 0 spiro atoms. The first-order chi connectivity index (χ1) is 15.7. The Balaban J connectivity index is 2.91. The van der Waals surface area contributed by atoms with E-state index in [4.69, 9.17) is 20.4 Å². The summed E-state index contributed by atoms with van der Waals surface area (Å²) >= 11 is 0. The molecule has 190 valence electrons. The summed E-state index contributed by atoms with van der Waals surface area (Å²) in [6, 6.07) is 0. The minimum atomic E-state index is -0.891. The smallest absolute Gasteiger partial charge is 0.304 e. The average Bonchev–Trinajstić information content (AvgIpc) is 2.75. The summed E-state index contributed by atoms with van der Waals surface area (Å²) in [6.07, 6.45) is 0.756. The Morgan fingerprint density at radius 2 is 0.636 bits per heavy atom. The summed E-state index contributed by atoms with van der Waals surface area (Å²) < 4.78 is 0. The monoisotopic (exact) mass is 474 g/mol. The van der Waals surface area contributed by atoms with Crippen molar-refractivity contribution in [3.05, 3.63) is 0 Å². The van der Waals surface area contributed by atoms with E-state index in [0.717, 1.165) is 6.42 Å². The standard InChI is InChI=1S/C21H38N4O8/c26-18(27)2-8-22-6-1-7-23(9-3-19(28)29)13-15-25(11-5-21(32)33)17-16-24(14-12-22)10-4-20(30)31/h1-17H2,(H,26,27)(H,28,29)(H,30,31)(H,32,33). The molecule has 0 aromatic carbocycles. The van der Waals surface area contributed by atoms with E-state index in [2.05, 4.69) is 9.80 Å². The normalized spacial score (nSPS) is 18.7. The van der Waals surface area contributed by atoms with Crippen LogP contribution in [0, 0.1) is 0 Å². The molecule has 0 aliphatic carbocycles. The van der Waals surface area contributed by atoms with Crippen LogP contribution in [-0.2, 0) is 19.2 Å². The molecule has 1 aliphatic rings. The summed E-state index contributed by atoms with van der Waals surface area (Å²) in [5.74, 6) is -3.54. The van der Waals surface area contributed by atoms with Crippen molar-refractivity contribution in [3.8, 4) is 0 Å². The molecule has 12 heteroatoms. The first-order valence-corrected chi connectivity index (χ1v) is 11.4. The van der Waals surface area contributed by atoms with Crippen LogP contribution >= 0.6 is 0 Å². The maximum atomic E-state index is 11.1. The number of aliphatic carboxylic acids is 4. The van der Waals surface area contributed by atoms with Gasteiger partial charge in [0.2, 0.25) is 0 Å². The lowest BCUT2D eigenvalue weighted by atomic mass is 10.2.